The topological polar surface area (TPSA) is 87.4 Å². The van der Waals surface area contributed by atoms with Gasteiger partial charge in [-0.2, -0.15) is 5.10 Å². The van der Waals surface area contributed by atoms with Gasteiger partial charge in [-0.15, -0.1) is 24.0 Å². The zero-order valence-corrected chi connectivity index (χ0v) is 20.6. The van der Waals surface area contributed by atoms with Gasteiger partial charge >= 0.3 is 0 Å². The second-order valence-electron chi connectivity index (χ2n) is 6.83. The Kier molecular flexibility index (Phi) is 9.34. The first kappa shape index (κ1) is 23.6. The lowest BCUT2D eigenvalue weighted by atomic mass is 10.1. The maximum Gasteiger partial charge on any atom is 0.224 e. The number of carbonyl (C=O) groups is 1. The summed E-state index contributed by atoms with van der Waals surface area (Å²) >= 11 is 3.53. The molecule has 0 saturated heterocycles. The highest BCUT2D eigenvalue weighted by molar-refractivity contribution is 14.0. The summed E-state index contributed by atoms with van der Waals surface area (Å²) in [6, 6.07) is 8.19. The SMILES string of the molecule is CN=C(NCCC(=O)N(C)Cc1ccccc1Br)NC1CCc2ncnn2C1.I. The van der Waals surface area contributed by atoms with E-state index in [1.54, 1.807) is 18.3 Å². The summed E-state index contributed by atoms with van der Waals surface area (Å²) in [4.78, 5) is 22.7. The molecule has 0 bridgehead atoms. The summed E-state index contributed by atoms with van der Waals surface area (Å²) in [5.41, 5.74) is 1.09. The Morgan fingerprint density at radius 3 is 2.97 bits per heavy atom. The number of guanidine groups is 1. The van der Waals surface area contributed by atoms with Crippen LogP contribution in [-0.2, 0) is 24.3 Å². The van der Waals surface area contributed by atoms with E-state index in [2.05, 4.69) is 41.6 Å². The Morgan fingerprint density at radius 1 is 1.41 bits per heavy atom. The third kappa shape index (κ3) is 6.66. The van der Waals surface area contributed by atoms with Crippen molar-refractivity contribution in [2.24, 2.45) is 4.99 Å². The van der Waals surface area contributed by atoms with Gasteiger partial charge in [0.2, 0.25) is 5.91 Å². The van der Waals surface area contributed by atoms with Gasteiger partial charge in [-0.1, -0.05) is 34.1 Å². The summed E-state index contributed by atoms with van der Waals surface area (Å²) in [6.45, 7) is 1.87. The van der Waals surface area contributed by atoms with Crippen LogP contribution in [0, 0.1) is 0 Å². The zero-order chi connectivity index (χ0) is 19.9. The molecule has 158 valence electrons. The van der Waals surface area contributed by atoms with Gasteiger partial charge in [-0.3, -0.25) is 9.79 Å². The lowest BCUT2D eigenvalue weighted by molar-refractivity contribution is -0.130. The molecule has 1 atom stereocenters. The van der Waals surface area contributed by atoms with Gasteiger partial charge in [0, 0.05) is 50.5 Å². The van der Waals surface area contributed by atoms with E-state index in [1.807, 2.05) is 36.0 Å². The maximum absolute atomic E-state index is 12.4. The third-order valence-electron chi connectivity index (χ3n) is 4.79. The second-order valence-corrected chi connectivity index (χ2v) is 7.68. The van der Waals surface area contributed by atoms with E-state index in [1.165, 1.54) is 0 Å². The Balaban J connectivity index is 0.00000300. The smallest absolute Gasteiger partial charge is 0.224 e. The molecule has 8 nitrogen and oxygen atoms in total. The Morgan fingerprint density at radius 2 is 2.21 bits per heavy atom. The van der Waals surface area contributed by atoms with Crippen LogP contribution in [0.15, 0.2) is 40.1 Å². The molecule has 2 aromatic rings. The number of hydrogen-bond acceptors (Lipinski definition) is 4. The van der Waals surface area contributed by atoms with E-state index < -0.39 is 0 Å². The van der Waals surface area contributed by atoms with Gasteiger partial charge in [-0.05, 0) is 18.1 Å². The van der Waals surface area contributed by atoms with Crippen molar-refractivity contribution in [3.63, 3.8) is 0 Å². The van der Waals surface area contributed by atoms with Gasteiger partial charge in [0.25, 0.3) is 0 Å². The summed E-state index contributed by atoms with van der Waals surface area (Å²) in [7, 11) is 3.56. The molecule has 0 radical (unpaired) electrons. The van der Waals surface area contributed by atoms with Crippen LogP contribution in [0.25, 0.3) is 0 Å². The van der Waals surface area contributed by atoms with Gasteiger partial charge in [0.05, 0.1) is 6.54 Å². The molecule has 0 saturated carbocycles. The highest BCUT2D eigenvalue weighted by atomic mass is 127. The number of aromatic nitrogens is 3. The number of hydrogen-bond donors (Lipinski definition) is 2. The first-order valence-electron chi connectivity index (χ1n) is 9.38. The van der Waals surface area contributed by atoms with Gasteiger partial charge in [0.1, 0.15) is 12.2 Å². The molecule has 2 heterocycles. The molecule has 1 aromatic heterocycles. The largest absolute Gasteiger partial charge is 0.356 e. The number of aliphatic imine (C=N–C) groups is 1. The number of nitrogens with zero attached hydrogens (tertiary/aromatic N) is 5. The molecule has 0 aliphatic carbocycles. The van der Waals surface area contributed by atoms with Crippen LogP contribution in [0.3, 0.4) is 0 Å². The van der Waals surface area contributed by atoms with Crippen LogP contribution in [-0.4, -0.2) is 58.2 Å². The molecule has 0 fully saturated rings. The molecule has 1 aliphatic heterocycles. The molecule has 29 heavy (non-hydrogen) atoms. The minimum absolute atomic E-state index is 0. The van der Waals surface area contributed by atoms with Crippen molar-refractivity contribution < 1.29 is 4.79 Å². The van der Waals surface area contributed by atoms with Gasteiger partial charge in [-0.25, -0.2) is 9.67 Å². The predicted octanol–water partition coefficient (Wildman–Crippen LogP) is 2.19. The minimum atomic E-state index is 0. The number of fused-ring (bicyclic) bond motifs is 1. The molecule has 1 unspecified atom stereocenters. The first-order valence-corrected chi connectivity index (χ1v) is 10.2. The molecule has 1 aliphatic rings. The molecular weight excluding hydrogens is 549 g/mol. The first-order chi connectivity index (χ1) is 13.6. The molecule has 2 N–H and O–H groups in total. The summed E-state index contributed by atoms with van der Waals surface area (Å²) in [6.07, 6.45) is 3.88. The molecular formula is C19H27BrIN7O. The van der Waals surface area contributed by atoms with Crippen molar-refractivity contribution in [1.29, 1.82) is 0 Å². The number of carbonyl (C=O) groups excluding carboxylic acids is 1. The van der Waals surface area contributed by atoms with E-state index in [4.69, 9.17) is 0 Å². The van der Waals surface area contributed by atoms with E-state index in [9.17, 15) is 4.79 Å². The number of nitrogens with one attached hydrogen (secondary N) is 2. The Bertz CT molecular complexity index is 841. The highest BCUT2D eigenvalue weighted by Gasteiger charge is 2.20. The molecule has 1 aromatic carbocycles. The standard InChI is InChI=1S/C19H26BrN7O.HI/c1-21-19(25-15-7-8-17-23-13-24-27(17)12-15)22-10-9-18(28)26(2)11-14-5-3-4-6-16(14)20;/h3-6,13,15H,7-12H2,1-2H3,(H2,21,22,25);1H. The Hall–Kier alpha value is -1.69. The fourth-order valence-electron chi connectivity index (χ4n) is 3.19. The average Bonchev–Trinajstić information content (AvgIpc) is 3.16. The fraction of sp³-hybridized carbons (Fsp3) is 0.474. The number of halogens is 2. The summed E-state index contributed by atoms with van der Waals surface area (Å²) < 4.78 is 2.94. The second kappa shape index (κ2) is 11.5. The van der Waals surface area contributed by atoms with Crippen molar-refractivity contribution in [2.45, 2.75) is 38.4 Å². The zero-order valence-electron chi connectivity index (χ0n) is 16.6. The van der Waals surface area contributed by atoms with Gasteiger partial charge in [0.15, 0.2) is 5.96 Å². The average molecular weight is 576 g/mol. The monoisotopic (exact) mass is 575 g/mol. The summed E-state index contributed by atoms with van der Waals surface area (Å²) in [5.74, 6) is 1.82. The van der Waals surface area contributed by atoms with Crippen LogP contribution < -0.4 is 10.6 Å². The summed E-state index contributed by atoms with van der Waals surface area (Å²) in [5, 5.41) is 10.9. The molecule has 10 heteroatoms. The van der Waals surface area contributed by atoms with Crippen molar-refractivity contribution >= 4 is 51.8 Å². The van der Waals surface area contributed by atoms with Crippen LogP contribution in [0.1, 0.15) is 24.2 Å². The normalized spacial score (nSPS) is 15.8. The fourth-order valence-corrected chi connectivity index (χ4v) is 3.60. The van der Waals surface area contributed by atoms with Crippen LogP contribution >= 0.6 is 39.9 Å². The lowest BCUT2D eigenvalue weighted by Gasteiger charge is -2.25. The van der Waals surface area contributed by atoms with Crippen molar-refractivity contribution in [3.8, 4) is 0 Å². The van der Waals surface area contributed by atoms with Crippen molar-refractivity contribution in [2.75, 3.05) is 20.6 Å². The molecule has 3 rings (SSSR count). The number of aryl methyl sites for hydroxylation is 1. The molecule has 0 spiro atoms. The minimum Gasteiger partial charge on any atom is -0.356 e. The van der Waals surface area contributed by atoms with E-state index in [-0.39, 0.29) is 35.9 Å². The van der Waals surface area contributed by atoms with E-state index >= 15 is 0 Å². The van der Waals surface area contributed by atoms with Crippen molar-refractivity contribution in [3.05, 3.63) is 46.5 Å². The van der Waals surface area contributed by atoms with Crippen molar-refractivity contribution in [1.82, 2.24) is 30.3 Å². The van der Waals surface area contributed by atoms with Gasteiger partial charge < -0.3 is 15.5 Å². The van der Waals surface area contributed by atoms with E-state index in [0.29, 0.717) is 25.5 Å². The van der Waals surface area contributed by atoms with Crippen LogP contribution in [0.2, 0.25) is 0 Å². The predicted molar refractivity (Wildman–Crippen MR) is 127 cm³/mol. The Labute approximate surface area is 196 Å². The van der Waals surface area contributed by atoms with Crippen LogP contribution in [0.5, 0.6) is 0 Å². The third-order valence-corrected chi connectivity index (χ3v) is 5.57. The highest BCUT2D eigenvalue weighted by Crippen LogP contribution is 2.17. The maximum atomic E-state index is 12.4. The number of rotatable bonds is 6. The number of amides is 1. The van der Waals surface area contributed by atoms with Crippen LogP contribution in [0.4, 0.5) is 0 Å². The number of benzene rings is 1. The lowest BCUT2D eigenvalue weighted by Crippen LogP contribution is -2.47. The van der Waals surface area contributed by atoms with E-state index in [0.717, 1.165) is 35.2 Å². The molecule has 1 amide bonds. The quantitative estimate of drug-likeness (QED) is 0.313.